The molecule has 1 aliphatic carbocycles. The molecule has 0 saturated heterocycles. The lowest BCUT2D eigenvalue weighted by atomic mass is 9.93. The number of aliphatic hydroxyl groups excluding tert-OH is 1. The Kier molecular flexibility index (Phi) is 8.93. The van der Waals surface area contributed by atoms with Gasteiger partial charge in [0, 0.05) is 18.6 Å². The highest BCUT2D eigenvalue weighted by Crippen LogP contribution is 2.24. The van der Waals surface area contributed by atoms with Crippen LogP contribution in [0, 0.1) is 0 Å². The maximum absolute atomic E-state index is 12.7. The molecule has 1 rings (SSSR count). The van der Waals surface area contributed by atoms with Crippen molar-refractivity contribution in [2.75, 3.05) is 26.2 Å². The van der Waals surface area contributed by atoms with E-state index in [1.807, 2.05) is 0 Å². The van der Waals surface area contributed by atoms with Crippen LogP contribution in [0.2, 0.25) is 0 Å². The zero-order valence-corrected chi connectivity index (χ0v) is 14.2. The molecule has 0 spiro atoms. The Balaban J connectivity index is 2.61. The molecule has 4 heteroatoms. The van der Waals surface area contributed by atoms with Crippen LogP contribution in [-0.2, 0) is 4.79 Å². The summed E-state index contributed by atoms with van der Waals surface area (Å²) < 4.78 is 0. The molecule has 0 heterocycles. The average molecular weight is 298 g/mol. The number of hydrogen-bond donors (Lipinski definition) is 1. The van der Waals surface area contributed by atoms with Crippen molar-refractivity contribution in [2.24, 2.45) is 0 Å². The van der Waals surface area contributed by atoms with E-state index in [0.29, 0.717) is 19.1 Å². The van der Waals surface area contributed by atoms with Crippen molar-refractivity contribution < 1.29 is 9.90 Å². The molecule has 0 aromatic carbocycles. The van der Waals surface area contributed by atoms with Gasteiger partial charge in [-0.15, -0.1) is 0 Å². The maximum Gasteiger partial charge on any atom is 0.237 e. The molecular formula is C17H34N2O2. The average Bonchev–Trinajstić information content (AvgIpc) is 2.46. The molecule has 21 heavy (non-hydrogen) atoms. The molecular weight excluding hydrogens is 264 g/mol. The van der Waals surface area contributed by atoms with Gasteiger partial charge in [0.15, 0.2) is 0 Å². The van der Waals surface area contributed by atoms with Gasteiger partial charge in [-0.1, -0.05) is 32.6 Å². The SMILES string of the molecule is CCCCN(CCO)CC(=O)N(C(C)C)C1CCCCC1. The molecule has 1 N–H and O–H groups in total. The van der Waals surface area contributed by atoms with Crippen LogP contribution in [-0.4, -0.2) is 59.1 Å². The van der Waals surface area contributed by atoms with Gasteiger partial charge in [-0.3, -0.25) is 9.69 Å². The van der Waals surface area contributed by atoms with E-state index in [1.54, 1.807) is 0 Å². The Hall–Kier alpha value is -0.610. The number of aliphatic hydroxyl groups is 1. The van der Waals surface area contributed by atoms with E-state index in [4.69, 9.17) is 0 Å². The quantitative estimate of drug-likeness (QED) is 0.711. The number of carbonyl (C=O) groups is 1. The minimum atomic E-state index is 0.127. The lowest BCUT2D eigenvalue weighted by molar-refractivity contribution is -0.137. The summed E-state index contributed by atoms with van der Waals surface area (Å²) in [5.74, 6) is 0.237. The van der Waals surface area contributed by atoms with Gasteiger partial charge in [0.2, 0.25) is 5.91 Å². The first-order valence-corrected chi connectivity index (χ1v) is 8.74. The number of nitrogens with zero attached hydrogens (tertiary/aromatic N) is 2. The fourth-order valence-electron chi connectivity index (χ4n) is 3.34. The third kappa shape index (κ3) is 6.35. The largest absolute Gasteiger partial charge is 0.395 e. The maximum atomic E-state index is 12.7. The zero-order chi connectivity index (χ0) is 15.7. The molecule has 0 bridgehead atoms. The van der Waals surface area contributed by atoms with Crippen molar-refractivity contribution in [1.82, 2.24) is 9.80 Å². The van der Waals surface area contributed by atoms with Crippen molar-refractivity contribution in [3.63, 3.8) is 0 Å². The number of carbonyl (C=O) groups excluding carboxylic acids is 1. The second-order valence-electron chi connectivity index (χ2n) is 6.54. The fraction of sp³-hybridized carbons (Fsp3) is 0.941. The molecule has 4 nitrogen and oxygen atoms in total. The van der Waals surface area contributed by atoms with Crippen molar-refractivity contribution in [1.29, 1.82) is 0 Å². The van der Waals surface area contributed by atoms with Crippen LogP contribution in [0.4, 0.5) is 0 Å². The van der Waals surface area contributed by atoms with Gasteiger partial charge >= 0.3 is 0 Å². The Morgan fingerprint density at radius 1 is 1.19 bits per heavy atom. The lowest BCUT2D eigenvalue weighted by Gasteiger charge is -2.38. The minimum Gasteiger partial charge on any atom is -0.395 e. The Morgan fingerprint density at radius 3 is 2.38 bits per heavy atom. The molecule has 1 fully saturated rings. The van der Waals surface area contributed by atoms with Gasteiger partial charge in [0.05, 0.1) is 13.2 Å². The second kappa shape index (κ2) is 10.2. The van der Waals surface area contributed by atoms with E-state index >= 15 is 0 Å². The zero-order valence-electron chi connectivity index (χ0n) is 14.2. The molecule has 0 aromatic rings. The Morgan fingerprint density at radius 2 is 1.86 bits per heavy atom. The highest BCUT2D eigenvalue weighted by Gasteiger charge is 2.28. The number of unbranched alkanes of at least 4 members (excludes halogenated alkanes) is 1. The van der Waals surface area contributed by atoms with Gasteiger partial charge in [-0.25, -0.2) is 0 Å². The summed E-state index contributed by atoms with van der Waals surface area (Å²) >= 11 is 0. The van der Waals surface area contributed by atoms with Gasteiger partial charge in [0.25, 0.3) is 0 Å². The molecule has 1 saturated carbocycles. The van der Waals surface area contributed by atoms with Crippen LogP contribution >= 0.6 is 0 Å². The van der Waals surface area contributed by atoms with Gasteiger partial charge in [-0.05, 0) is 39.7 Å². The summed E-state index contributed by atoms with van der Waals surface area (Å²) in [7, 11) is 0. The topological polar surface area (TPSA) is 43.8 Å². The first kappa shape index (κ1) is 18.4. The molecule has 1 aliphatic rings. The van der Waals surface area contributed by atoms with E-state index in [0.717, 1.165) is 32.2 Å². The Bertz CT molecular complexity index is 289. The predicted octanol–water partition coefficient (Wildman–Crippen LogP) is 2.65. The number of amides is 1. The van der Waals surface area contributed by atoms with E-state index in [1.165, 1.54) is 19.3 Å². The molecule has 124 valence electrons. The van der Waals surface area contributed by atoms with Crippen LogP contribution < -0.4 is 0 Å². The predicted molar refractivity (Wildman–Crippen MR) is 87.3 cm³/mol. The summed E-state index contributed by atoms with van der Waals surface area (Å²) in [5, 5.41) is 9.18. The van der Waals surface area contributed by atoms with E-state index in [2.05, 4.69) is 30.6 Å². The minimum absolute atomic E-state index is 0.127. The molecule has 0 unspecified atom stereocenters. The third-order valence-corrected chi connectivity index (χ3v) is 4.42. The van der Waals surface area contributed by atoms with Crippen LogP contribution in [0.25, 0.3) is 0 Å². The van der Waals surface area contributed by atoms with Crippen molar-refractivity contribution in [2.45, 2.75) is 77.8 Å². The molecule has 0 aliphatic heterocycles. The highest BCUT2D eigenvalue weighted by molar-refractivity contribution is 5.79. The standard InChI is InChI=1S/C17H34N2O2/c1-4-5-11-18(12-13-20)14-17(21)19(15(2)3)16-9-7-6-8-10-16/h15-16,20H,4-14H2,1-3H3. The normalized spacial score (nSPS) is 16.7. The monoisotopic (exact) mass is 298 g/mol. The van der Waals surface area contributed by atoms with E-state index in [9.17, 15) is 9.90 Å². The summed E-state index contributed by atoms with van der Waals surface area (Å²) in [6, 6.07) is 0.691. The molecule has 0 aromatic heterocycles. The first-order chi connectivity index (χ1) is 10.1. The highest BCUT2D eigenvalue weighted by atomic mass is 16.3. The van der Waals surface area contributed by atoms with E-state index in [-0.39, 0.29) is 18.6 Å². The Labute approximate surface area is 130 Å². The summed E-state index contributed by atoms with van der Waals surface area (Å²) in [5.41, 5.74) is 0. The summed E-state index contributed by atoms with van der Waals surface area (Å²) in [6.07, 6.45) is 8.31. The third-order valence-electron chi connectivity index (χ3n) is 4.42. The van der Waals surface area contributed by atoms with Gasteiger partial charge in [0.1, 0.15) is 0 Å². The summed E-state index contributed by atoms with van der Waals surface area (Å²) in [6.45, 7) is 8.48. The molecule has 0 radical (unpaired) electrons. The van der Waals surface area contributed by atoms with Crippen molar-refractivity contribution in [3.8, 4) is 0 Å². The van der Waals surface area contributed by atoms with Crippen LogP contribution in [0.3, 0.4) is 0 Å². The fourth-order valence-corrected chi connectivity index (χ4v) is 3.34. The van der Waals surface area contributed by atoms with Crippen LogP contribution in [0.15, 0.2) is 0 Å². The van der Waals surface area contributed by atoms with Crippen molar-refractivity contribution in [3.05, 3.63) is 0 Å². The first-order valence-electron chi connectivity index (χ1n) is 8.74. The van der Waals surface area contributed by atoms with Gasteiger partial charge < -0.3 is 10.0 Å². The number of hydrogen-bond acceptors (Lipinski definition) is 3. The summed E-state index contributed by atoms with van der Waals surface area (Å²) in [4.78, 5) is 16.9. The second-order valence-corrected chi connectivity index (χ2v) is 6.54. The van der Waals surface area contributed by atoms with Crippen LogP contribution in [0.1, 0.15) is 65.7 Å². The lowest BCUT2D eigenvalue weighted by Crippen LogP contribution is -2.50. The molecule has 0 atom stereocenters. The number of rotatable bonds is 9. The van der Waals surface area contributed by atoms with E-state index < -0.39 is 0 Å². The van der Waals surface area contributed by atoms with Crippen LogP contribution in [0.5, 0.6) is 0 Å². The van der Waals surface area contributed by atoms with Gasteiger partial charge in [-0.2, -0.15) is 0 Å². The van der Waals surface area contributed by atoms with Crippen molar-refractivity contribution >= 4 is 5.91 Å². The molecule has 1 amide bonds. The smallest absolute Gasteiger partial charge is 0.237 e.